The maximum absolute atomic E-state index is 10.3. The van der Waals surface area contributed by atoms with Crippen molar-refractivity contribution in [1.82, 2.24) is 0 Å². The molecule has 62 valence electrons. The van der Waals surface area contributed by atoms with Gasteiger partial charge in [0.1, 0.15) is 0 Å². The molecule has 1 aliphatic rings. The fourth-order valence-electron chi connectivity index (χ4n) is 1.08. The summed E-state index contributed by atoms with van der Waals surface area (Å²) in [6.45, 7) is 0.385. The normalized spacial score (nSPS) is 13.0. The van der Waals surface area contributed by atoms with Gasteiger partial charge in [-0.25, -0.2) is 0 Å². The van der Waals surface area contributed by atoms with Crippen molar-refractivity contribution in [3.8, 4) is 5.75 Å². The zero-order chi connectivity index (χ0) is 8.55. The molecule has 5 heteroatoms. The number of nitro groups is 1. The highest BCUT2D eigenvalue weighted by Crippen LogP contribution is 2.32. The monoisotopic (exact) mass is 166 g/mol. The Bertz CT molecular complexity index is 337. The van der Waals surface area contributed by atoms with Gasteiger partial charge in [-0.15, -0.1) is 0 Å². The zero-order valence-electron chi connectivity index (χ0n) is 6.11. The second-order valence-electron chi connectivity index (χ2n) is 2.40. The summed E-state index contributed by atoms with van der Waals surface area (Å²) in [5.41, 5.74) is 0.859. The summed E-state index contributed by atoms with van der Waals surface area (Å²) in [5, 5.41) is 13.3. The minimum absolute atomic E-state index is 0.0532. The van der Waals surface area contributed by atoms with Gasteiger partial charge in [0.15, 0.2) is 12.5 Å². The molecule has 0 bridgehead atoms. The quantitative estimate of drug-likeness (QED) is 0.505. The standard InChI is InChI=1S/C7H6N2O3/c10-9(11)5-1-2-6-7(3-5)12-4-8-6/h1-3,8H,4H2. The van der Waals surface area contributed by atoms with Gasteiger partial charge in [0.25, 0.3) is 5.69 Å². The predicted molar refractivity (Wildman–Crippen MR) is 42.2 cm³/mol. The van der Waals surface area contributed by atoms with Crippen molar-refractivity contribution >= 4 is 11.4 Å². The van der Waals surface area contributed by atoms with Crippen molar-refractivity contribution in [3.05, 3.63) is 28.3 Å². The number of hydrogen-bond acceptors (Lipinski definition) is 4. The maximum atomic E-state index is 10.3. The molecule has 0 saturated heterocycles. The fourth-order valence-corrected chi connectivity index (χ4v) is 1.08. The van der Waals surface area contributed by atoms with Gasteiger partial charge in [-0.05, 0) is 6.07 Å². The number of hydrogen-bond donors (Lipinski definition) is 1. The Kier molecular flexibility index (Phi) is 1.36. The lowest BCUT2D eigenvalue weighted by molar-refractivity contribution is -0.384. The zero-order valence-corrected chi connectivity index (χ0v) is 6.11. The van der Waals surface area contributed by atoms with Gasteiger partial charge in [-0.3, -0.25) is 10.1 Å². The van der Waals surface area contributed by atoms with Crippen LogP contribution in [0.2, 0.25) is 0 Å². The van der Waals surface area contributed by atoms with Gasteiger partial charge in [0.05, 0.1) is 16.7 Å². The Morgan fingerprint density at radius 2 is 2.42 bits per heavy atom. The van der Waals surface area contributed by atoms with Crippen LogP contribution in [0.1, 0.15) is 0 Å². The third kappa shape index (κ3) is 0.952. The van der Waals surface area contributed by atoms with Crippen LogP contribution in [-0.2, 0) is 0 Å². The SMILES string of the molecule is O=[N+]([O-])c1ccc2c(c1)OCN2. The Labute approximate surface area is 68.1 Å². The molecule has 0 radical (unpaired) electrons. The summed E-state index contributed by atoms with van der Waals surface area (Å²) in [7, 11) is 0. The Morgan fingerprint density at radius 1 is 1.58 bits per heavy atom. The Hall–Kier alpha value is -1.78. The Morgan fingerprint density at radius 3 is 3.17 bits per heavy atom. The van der Waals surface area contributed by atoms with E-state index in [4.69, 9.17) is 4.74 Å². The first-order valence-electron chi connectivity index (χ1n) is 3.42. The van der Waals surface area contributed by atoms with E-state index in [9.17, 15) is 10.1 Å². The molecule has 0 saturated carbocycles. The minimum atomic E-state index is -0.442. The first-order valence-corrected chi connectivity index (χ1v) is 3.42. The van der Waals surface area contributed by atoms with E-state index in [1.807, 2.05) is 0 Å². The highest BCUT2D eigenvalue weighted by atomic mass is 16.6. The number of nitrogens with zero attached hydrogens (tertiary/aromatic N) is 1. The number of fused-ring (bicyclic) bond motifs is 1. The van der Waals surface area contributed by atoms with E-state index < -0.39 is 4.92 Å². The molecule has 2 rings (SSSR count). The van der Waals surface area contributed by atoms with E-state index in [-0.39, 0.29) is 5.69 Å². The second-order valence-corrected chi connectivity index (χ2v) is 2.40. The van der Waals surface area contributed by atoms with Crippen LogP contribution in [0.5, 0.6) is 5.75 Å². The predicted octanol–water partition coefficient (Wildman–Crippen LogP) is 1.36. The van der Waals surface area contributed by atoms with Crippen LogP contribution in [0.15, 0.2) is 18.2 Å². The van der Waals surface area contributed by atoms with Crippen LogP contribution in [0.25, 0.3) is 0 Å². The number of rotatable bonds is 1. The van der Waals surface area contributed by atoms with Crippen LogP contribution in [0.3, 0.4) is 0 Å². The molecule has 0 spiro atoms. The number of anilines is 1. The summed E-state index contributed by atoms with van der Waals surface area (Å²) >= 11 is 0. The van der Waals surface area contributed by atoms with Crippen LogP contribution in [0.4, 0.5) is 11.4 Å². The highest BCUT2D eigenvalue weighted by molar-refractivity contribution is 5.62. The molecular weight excluding hydrogens is 160 g/mol. The molecule has 1 aromatic rings. The number of non-ortho nitro benzene ring substituents is 1. The Balaban J connectivity index is 2.45. The minimum Gasteiger partial charge on any atom is -0.471 e. The number of nitrogens with one attached hydrogen (secondary N) is 1. The number of nitro benzene ring substituents is 1. The summed E-state index contributed by atoms with van der Waals surface area (Å²) < 4.78 is 5.07. The van der Waals surface area contributed by atoms with Gasteiger partial charge in [-0.2, -0.15) is 0 Å². The molecule has 0 aromatic heterocycles. The highest BCUT2D eigenvalue weighted by Gasteiger charge is 2.15. The number of benzene rings is 1. The van der Waals surface area contributed by atoms with Crippen molar-refractivity contribution in [1.29, 1.82) is 0 Å². The van der Waals surface area contributed by atoms with E-state index in [1.54, 1.807) is 6.07 Å². The van der Waals surface area contributed by atoms with E-state index in [0.29, 0.717) is 12.5 Å². The lowest BCUT2D eigenvalue weighted by Crippen LogP contribution is -1.96. The van der Waals surface area contributed by atoms with Gasteiger partial charge in [0, 0.05) is 6.07 Å². The maximum Gasteiger partial charge on any atom is 0.273 e. The molecule has 1 N–H and O–H groups in total. The van der Waals surface area contributed by atoms with E-state index >= 15 is 0 Å². The largest absolute Gasteiger partial charge is 0.471 e. The van der Waals surface area contributed by atoms with E-state index in [1.165, 1.54) is 12.1 Å². The van der Waals surface area contributed by atoms with E-state index in [2.05, 4.69) is 5.32 Å². The average Bonchev–Trinajstić information content (AvgIpc) is 2.49. The van der Waals surface area contributed by atoms with Crippen molar-refractivity contribution in [2.75, 3.05) is 12.0 Å². The van der Waals surface area contributed by atoms with Crippen molar-refractivity contribution in [3.63, 3.8) is 0 Å². The summed E-state index contributed by atoms with van der Waals surface area (Å²) in [6, 6.07) is 4.50. The lowest BCUT2D eigenvalue weighted by atomic mass is 10.2. The first-order chi connectivity index (χ1) is 5.77. The van der Waals surface area contributed by atoms with Crippen molar-refractivity contribution in [2.45, 2.75) is 0 Å². The first kappa shape index (κ1) is 6.90. The number of ether oxygens (including phenoxy) is 1. The molecule has 0 atom stereocenters. The van der Waals surface area contributed by atoms with Gasteiger partial charge in [-0.1, -0.05) is 0 Å². The molecule has 1 heterocycles. The summed E-state index contributed by atoms with van der Waals surface area (Å²) in [6.07, 6.45) is 0. The summed E-state index contributed by atoms with van der Waals surface area (Å²) in [5.74, 6) is 0.546. The van der Waals surface area contributed by atoms with Gasteiger partial charge < -0.3 is 10.1 Å². The van der Waals surface area contributed by atoms with Gasteiger partial charge >= 0.3 is 0 Å². The molecule has 0 aliphatic carbocycles. The third-order valence-electron chi connectivity index (χ3n) is 1.67. The van der Waals surface area contributed by atoms with Crippen LogP contribution >= 0.6 is 0 Å². The van der Waals surface area contributed by atoms with Crippen LogP contribution in [-0.4, -0.2) is 11.7 Å². The molecule has 0 fully saturated rings. The molecule has 1 aromatic carbocycles. The van der Waals surface area contributed by atoms with Gasteiger partial charge in [0.2, 0.25) is 0 Å². The lowest BCUT2D eigenvalue weighted by Gasteiger charge is -1.95. The van der Waals surface area contributed by atoms with Crippen LogP contribution < -0.4 is 10.1 Å². The summed E-state index contributed by atoms with van der Waals surface area (Å²) in [4.78, 5) is 9.89. The molecule has 0 unspecified atom stereocenters. The molecule has 1 aliphatic heterocycles. The third-order valence-corrected chi connectivity index (χ3v) is 1.67. The van der Waals surface area contributed by atoms with Crippen molar-refractivity contribution in [2.24, 2.45) is 0 Å². The van der Waals surface area contributed by atoms with Crippen molar-refractivity contribution < 1.29 is 9.66 Å². The molecule has 0 amide bonds. The second kappa shape index (κ2) is 2.37. The molecule has 12 heavy (non-hydrogen) atoms. The fraction of sp³-hybridized carbons (Fsp3) is 0.143. The smallest absolute Gasteiger partial charge is 0.273 e. The molecular formula is C7H6N2O3. The van der Waals surface area contributed by atoms with Crippen LogP contribution in [0, 0.1) is 10.1 Å². The van der Waals surface area contributed by atoms with E-state index in [0.717, 1.165) is 5.69 Å². The average molecular weight is 166 g/mol. The molecule has 5 nitrogen and oxygen atoms in total. The topological polar surface area (TPSA) is 64.4 Å².